The van der Waals surface area contributed by atoms with Crippen molar-refractivity contribution in [1.82, 2.24) is 0 Å². The summed E-state index contributed by atoms with van der Waals surface area (Å²) in [6, 6.07) is 18.1. The minimum Gasteiger partial charge on any atom is -0.462 e. The van der Waals surface area contributed by atoms with E-state index in [4.69, 9.17) is 9.47 Å². The van der Waals surface area contributed by atoms with E-state index in [1.807, 2.05) is 43.3 Å². The summed E-state index contributed by atoms with van der Waals surface area (Å²) in [5, 5.41) is 1.20. The smallest absolute Gasteiger partial charge is 0.303 e. The molecule has 0 aliphatic heterocycles. The van der Waals surface area contributed by atoms with E-state index in [2.05, 4.69) is 6.58 Å². The van der Waals surface area contributed by atoms with Crippen LogP contribution in [0.5, 0.6) is 0 Å². The molecule has 0 saturated carbocycles. The van der Waals surface area contributed by atoms with Crippen molar-refractivity contribution < 1.29 is 23.6 Å². The fourth-order valence-corrected chi connectivity index (χ4v) is 7.05. The van der Waals surface area contributed by atoms with Crippen LogP contribution in [0.3, 0.4) is 0 Å². The number of rotatable bonds is 9. The summed E-state index contributed by atoms with van der Waals surface area (Å²) in [6.45, 7) is 8.23. The van der Waals surface area contributed by atoms with Crippen molar-refractivity contribution in [2.45, 2.75) is 45.1 Å². The maximum Gasteiger partial charge on any atom is 0.303 e. The van der Waals surface area contributed by atoms with E-state index < -0.39 is 36.9 Å². The molecular formula is C23H27O5P. The minimum atomic E-state index is -3.42. The summed E-state index contributed by atoms with van der Waals surface area (Å²) in [4.78, 5) is 23.6. The molecule has 0 fully saturated rings. The molecule has 0 N–H and O–H groups in total. The van der Waals surface area contributed by atoms with Crippen LogP contribution in [-0.4, -0.2) is 29.8 Å². The molecule has 3 atom stereocenters. The van der Waals surface area contributed by atoms with Gasteiger partial charge in [-0.2, -0.15) is 0 Å². The van der Waals surface area contributed by atoms with Gasteiger partial charge in [0.15, 0.2) is 7.14 Å². The SMILES string of the molecule is C=C[C@H](OC(C)=O)[C@H]([C@H](CC)OC(C)=O)P(=O)(c1ccccc1)c1ccccc1. The fraction of sp³-hybridized carbons (Fsp3) is 0.304. The Balaban J connectivity index is 2.78. The number of hydrogen-bond donors (Lipinski definition) is 0. The second-order valence-electron chi connectivity index (χ2n) is 6.69. The molecule has 29 heavy (non-hydrogen) atoms. The van der Waals surface area contributed by atoms with Crippen LogP contribution >= 0.6 is 7.14 Å². The molecule has 5 nitrogen and oxygen atoms in total. The van der Waals surface area contributed by atoms with Gasteiger partial charge in [-0.05, 0) is 6.42 Å². The predicted molar refractivity (Wildman–Crippen MR) is 115 cm³/mol. The highest BCUT2D eigenvalue weighted by atomic mass is 31.2. The van der Waals surface area contributed by atoms with Crippen molar-refractivity contribution in [1.29, 1.82) is 0 Å². The van der Waals surface area contributed by atoms with Crippen molar-refractivity contribution >= 4 is 29.7 Å². The molecule has 0 spiro atoms. The van der Waals surface area contributed by atoms with E-state index in [0.29, 0.717) is 17.0 Å². The zero-order valence-electron chi connectivity index (χ0n) is 17.0. The molecule has 2 aromatic carbocycles. The summed E-state index contributed by atoms with van der Waals surface area (Å²) >= 11 is 0. The lowest BCUT2D eigenvalue weighted by Crippen LogP contribution is -2.45. The quantitative estimate of drug-likeness (QED) is 0.354. The van der Waals surface area contributed by atoms with Crippen LogP contribution in [0, 0.1) is 0 Å². The monoisotopic (exact) mass is 414 g/mol. The second kappa shape index (κ2) is 10.2. The highest BCUT2D eigenvalue weighted by Gasteiger charge is 2.47. The van der Waals surface area contributed by atoms with E-state index in [0.717, 1.165) is 0 Å². The van der Waals surface area contributed by atoms with Crippen LogP contribution in [0.4, 0.5) is 0 Å². The van der Waals surface area contributed by atoms with Crippen LogP contribution in [0.2, 0.25) is 0 Å². The molecule has 0 saturated heterocycles. The van der Waals surface area contributed by atoms with Gasteiger partial charge >= 0.3 is 11.9 Å². The van der Waals surface area contributed by atoms with Crippen LogP contribution < -0.4 is 10.6 Å². The lowest BCUT2D eigenvalue weighted by atomic mass is 10.1. The number of carbonyl (C=O) groups is 2. The van der Waals surface area contributed by atoms with Gasteiger partial charge in [0.25, 0.3) is 0 Å². The van der Waals surface area contributed by atoms with Gasteiger partial charge in [-0.3, -0.25) is 9.59 Å². The highest BCUT2D eigenvalue weighted by Crippen LogP contribution is 2.53. The molecular weight excluding hydrogens is 387 g/mol. The third-order valence-corrected chi connectivity index (χ3v) is 8.27. The summed E-state index contributed by atoms with van der Waals surface area (Å²) in [7, 11) is -3.42. The Labute approximate surface area is 172 Å². The number of hydrogen-bond acceptors (Lipinski definition) is 5. The molecule has 2 aromatic rings. The Morgan fingerprint density at radius 3 is 1.72 bits per heavy atom. The van der Waals surface area contributed by atoms with Crippen LogP contribution in [0.1, 0.15) is 27.2 Å². The molecule has 0 amide bonds. The first-order chi connectivity index (χ1) is 13.8. The Morgan fingerprint density at radius 1 is 0.931 bits per heavy atom. The fourth-order valence-electron chi connectivity index (χ4n) is 3.50. The zero-order valence-corrected chi connectivity index (χ0v) is 17.9. The number of carbonyl (C=O) groups excluding carboxylic acids is 2. The standard InChI is InChI=1S/C23H27O5P/c1-5-21(27-17(3)24)23(22(6-2)28-18(4)25)29(26,19-13-9-7-10-14-19)20-15-11-8-12-16-20/h5,7-16,21-23H,1,6H2,2-4H3/t21-,22-,23+/m0/s1. The van der Waals surface area contributed by atoms with Gasteiger partial charge in [0.1, 0.15) is 12.2 Å². The lowest BCUT2D eigenvalue weighted by molar-refractivity contribution is -0.150. The Morgan fingerprint density at radius 2 is 1.38 bits per heavy atom. The minimum absolute atomic E-state index is 0.402. The van der Waals surface area contributed by atoms with E-state index in [9.17, 15) is 14.2 Å². The molecule has 0 unspecified atom stereocenters. The second-order valence-corrected chi connectivity index (χ2v) is 9.63. The average molecular weight is 414 g/mol. The topological polar surface area (TPSA) is 69.7 Å². The molecule has 0 heterocycles. The van der Waals surface area contributed by atoms with Gasteiger partial charge in [-0.15, -0.1) is 0 Å². The van der Waals surface area contributed by atoms with Crippen LogP contribution in [-0.2, 0) is 23.6 Å². The molecule has 0 bridgehead atoms. The third kappa shape index (κ3) is 5.24. The molecule has 2 rings (SSSR count). The molecule has 6 heteroatoms. The van der Waals surface area contributed by atoms with Gasteiger partial charge < -0.3 is 14.0 Å². The third-order valence-electron chi connectivity index (χ3n) is 4.67. The summed E-state index contributed by atoms with van der Waals surface area (Å²) in [5.41, 5.74) is -0.817. The van der Waals surface area contributed by atoms with Crippen molar-refractivity contribution in [2.24, 2.45) is 0 Å². The van der Waals surface area contributed by atoms with E-state index in [-0.39, 0.29) is 0 Å². The number of ether oxygens (including phenoxy) is 2. The van der Waals surface area contributed by atoms with Crippen molar-refractivity contribution in [3.8, 4) is 0 Å². The van der Waals surface area contributed by atoms with Crippen molar-refractivity contribution in [3.05, 3.63) is 73.3 Å². The van der Waals surface area contributed by atoms with Gasteiger partial charge in [0, 0.05) is 24.5 Å². The first-order valence-corrected chi connectivity index (χ1v) is 11.3. The van der Waals surface area contributed by atoms with E-state index in [1.54, 1.807) is 24.3 Å². The molecule has 0 aromatic heterocycles. The number of benzene rings is 2. The summed E-state index contributed by atoms with van der Waals surface area (Å²) < 4.78 is 25.9. The average Bonchev–Trinajstić information content (AvgIpc) is 2.72. The zero-order chi connectivity index (χ0) is 21.4. The van der Waals surface area contributed by atoms with Crippen molar-refractivity contribution in [3.63, 3.8) is 0 Å². The molecule has 0 aliphatic rings. The first-order valence-electron chi connectivity index (χ1n) is 9.52. The molecule has 0 radical (unpaired) electrons. The Kier molecular flexibility index (Phi) is 7.98. The van der Waals surface area contributed by atoms with Crippen molar-refractivity contribution in [2.75, 3.05) is 0 Å². The van der Waals surface area contributed by atoms with Gasteiger partial charge in [-0.25, -0.2) is 0 Å². The number of esters is 2. The van der Waals surface area contributed by atoms with E-state index >= 15 is 0 Å². The van der Waals surface area contributed by atoms with Crippen LogP contribution in [0.25, 0.3) is 0 Å². The first kappa shape index (κ1) is 22.6. The molecule has 0 aliphatic carbocycles. The maximum atomic E-state index is 14.8. The van der Waals surface area contributed by atoms with Gasteiger partial charge in [0.2, 0.25) is 0 Å². The normalized spacial score (nSPS) is 14.3. The Bertz CT molecular complexity index is 835. The van der Waals surface area contributed by atoms with Gasteiger partial charge in [-0.1, -0.05) is 80.2 Å². The molecule has 154 valence electrons. The summed E-state index contributed by atoms with van der Waals surface area (Å²) in [6.07, 6.45) is 0.222. The maximum absolute atomic E-state index is 14.8. The highest BCUT2D eigenvalue weighted by molar-refractivity contribution is 7.79. The Hall–Kier alpha value is -2.65. The van der Waals surface area contributed by atoms with E-state index in [1.165, 1.54) is 19.9 Å². The van der Waals surface area contributed by atoms with Gasteiger partial charge in [0.05, 0.1) is 5.66 Å². The summed E-state index contributed by atoms with van der Waals surface area (Å²) in [5.74, 6) is -1.01. The largest absolute Gasteiger partial charge is 0.462 e. The predicted octanol–water partition coefficient (Wildman–Crippen LogP) is 3.83. The lowest BCUT2D eigenvalue weighted by Gasteiger charge is -2.37. The van der Waals surface area contributed by atoms with Crippen LogP contribution in [0.15, 0.2) is 73.3 Å².